The Labute approximate surface area is 82.8 Å². The predicted molar refractivity (Wildman–Crippen MR) is 54.8 cm³/mol. The minimum absolute atomic E-state index is 0.384. The van der Waals surface area contributed by atoms with E-state index in [1.165, 1.54) is 5.56 Å². The number of carboxylic acid groups (broad SMARTS) is 1. The normalized spacial score (nSPS) is 18.9. The van der Waals surface area contributed by atoms with Gasteiger partial charge in [0.2, 0.25) is 0 Å². The van der Waals surface area contributed by atoms with Crippen molar-refractivity contribution < 1.29 is 9.90 Å². The first-order valence-corrected chi connectivity index (χ1v) is 4.67. The van der Waals surface area contributed by atoms with Crippen molar-refractivity contribution in [3.63, 3.8) is 0 Å². The molecule has 0 saturated carbocycles. The Hall–Kier alpha value is -1.51. The second-order valence-electron chi connectivity index (χ2n) is 3.81. The number of carboxylic acids is 1. The fraction of sp³-hybridized carbons (Fsp3) is 0.364. The van der Waals surface area contributed by atoms with Gasteiger partial charge in [0.25, 0.3) is 0 Å². The van der Waals surface area contributed by atoms with Gasteiger partial charge in [0.15, 0.2) is 0 Å². The number of rotatable bonds is 1. The Bertz CT molecular complexity index is 399. The van der Waals surface area contributed by atoms with Gasteiger partial charge in [0, 0.05) is 12.2 Å². The third-order valence-electron chi connectivity index (χ3n) is 2.67. The lowest BCUT2D eigenvalue weighted by Gasteiger charge is -2.08. The topological polar surface area (TPSA) is 49.3 Å². The number of carbonyl (C=O) groups is 1. The van der Waals surface area contributed by atoms with Gasteiger partial charge >= 0.3 is 5.97 Å². The second-order valence-corrected chi connectivity index (χ2v) is 3.81. The van der Waals surface area contributed by atoms with E-state index in [9.17, 15) is 4.79 Å². The van der Waals surface area contributed by atoms with Crippen molar-refractivity contribution in [3.05, 3.63) is 28.8 Å². The van der Waals surface area contributed by atoms with Crippen LogP contribution in [0.15, 0.2) is 12.1 Å². The van der Waals surface area contributed by atoms with Crippen molar-refractivity contribution in [3.8, 4) is 0 Å². The van der Waals surface area contributed by atoms with Gasteiger partial charge in [-0.2, -0.15) is 0 Å². The zero-order valence-electron chi connectivity index (χ0n) is 8.29. The molecule has 0 saturated heterocycles. The smallest absolute Gasteiger partial charge is 0.312 e. The Kier molecular flexibility index (Phi) is 1.95. The Morgan fingerprint density at radius 1 is 1.50 bits per heavy atom. The first-order chi connectivity index (χ1) is 6.59. The third kappa shape index (κ3) is 1.25. The van der Waals surface area contributed by atoms with Gasteiger partial charge < -0.3 is 10.4 Å². The van der Waals surface area contributed by atoms with Crippen molar-refractivity contribution in [2.45, 2.75) is 19.8 Å². The molecular weight excluding hydrogens is 178 g/mol. The number of hydrogen-bond acceptors (Lipinski definition) is 2. The average molecular weight is 191 g/mol. The second kappa shape index (κ2) is 3.01. The number of nitrogens with one attached hydrogen (secondary N) is 1. The third-order valence-corrected chi connectivity index (χ3v) is 2.67. The number of anilines is 1. The monoisotopic (exact) mass is 191 g/mol. The van der Waals surface area contributed by atoms with E-state index in [1.807, 2.05) is 26.0 Å². The largest absolute Gasteiger partial charge is 0.481 e. The SMILES string of the molecule is Cc1cc(C)c2c(c1)NCC2C(=O)O. The average Bonchev–Trinajstić information content (AvgIpc) is 2.47. The van der Waals surface area contributed by atoms with E-state index in [1.54, 1.807) is 0 Å². The number of aliphatic carboxylic acids is 1. The van der Waals surface area contributed by atoms with E-state index in [0.29, 0.717) is 6.54 Å². The van der Waals surface area contributed by atoms with Crippen molar-refractivity contribution in [1.82, 2.24) is 0 Å². The molecule has 2 N–H and O–H groups in total. The molecule has 2 rings (SSSR count). The van der Waals surface area contributed by atoms with E-state index < -0.39 is 5.97 Å². The van der Waals surface area contributed by atoms with Crippen LogP contribution in [0, 0.1) is 13.8 Å². The van der Waals surface area contributed by atoms with E-state index in [-0.39, 0.29) is 5.92 Å². The minimum Gasteiger partial charge on any atom is -0.481 e. The Morgan fingerprint density at radius 3 is 2.86 bits per heavy atom. The van der Waals surface area contributed by atoms with Gasteiger partial charge in [-0.1, -0.05) is 6.07 Å². The molecule has 1 aliphatic rings. The van der Waals surface area contributed by atoms with E-state index in [0.717, 1.165) is 16.8 Å². The van der Waals surface area contributed by atoms with Crippen molar-refractivity contribution in [2.24, 2.45) is 0 Å². The highest BCUT2D eigenvalue weighted by Gasteiger charge is 2.29. The van der Waals surface area contributed by atoms with Crippen LogP contribution < -0.4 is 5.32 Å². The van der Waals surface area contributed by atoms with E-state index in [2.05, 4.69) is 5.32 Å². The van der Waals surface area contributed by atoms with E-state index >= 15 is 0 Å². The van der Waals surface area contributed by atoms with Crippen LogP contribution in [0.1, 0.15) is 22.6 Å². The minimum atomic E-state index is -0.747. The van der Waals surface area contributed by atoms with Gasteiger partial charge in [-0.3, -0.25) is 4.79 Å². The maximum Gasteiger partial charge on any atom is 0.312 e. The summed E-state index contributed by atoms with van der Waals surface area (Å²) in [5.41, 5.74) is 4.16. The Balaban J connectivity index is 2.54. The molecule has 1 unspecified atom stereocenters. The molecule has 0 spiro atoms. The zero-order valence-corrected chi connectivity index (χ0v) is 8.29. The summed E-state index contributed by atoms with van der Waals surface area (Å²) in [4.78, 5) is 11.0. The maximum atomic E-state index is 11.0. The molecule has 0 bridgehead atoms. The van der Waals surface area contributed by atoms with Gasteiger partial charge in [0.05, 0.1) is 0 Å². The summed E-state index contributed by atoms with van der Waals surface area (Å²) in [6.45, 7) is 4.49. The summed E-state index contributed by atoms with van der Waals surface area (Å²) in [6, 6.07) is 4.03. The fourth-order valence-corrected chi connectivity index (χ4v) is 2.11. The van der Waals surface area contributed by atoms with Crippen LogP contribution in [0.2, 0.25) is 0 Å². The molecule has 3 nitrogen and oxygen atoms in total. The summed E-state index contributed by atoms with van der Waals surface area (Å²) in [5.74, 6) is -1.13. The molecule has 1 aliphatic heterocycles. The molecule has 74 valence electrons. The quantitative estimate of drug-likeness (QED) is 0.712. The van der Waals surface area contributed by atoms with Gasteiger partial charge in [-0.25, -0.2) is 0 Å². The lowest BCUT2D eigenvalue weighted by molar-refractivity contribution is -0.138. The number of fused-ring (bicyclic) bond motifs is 1. The summed E-state index contributed by atoms with van der Waals surface area (Å²) in [7, 11) is 0. The molecule has 1 aromatic rings. The molecule has 1 aromatic carbocycles. The maximum absolute atomic E-state index is 11.0. The number of benzene rings is 1. The van der Waals surface area contributed by atoms with Gasteiger partial charge in [0.1, 0.15) is 5.92 Å². The van der Waals surface area contributed by atoms with Crippen LogP contribution in [0.25, 0.3) is 0 Å². The summed E-state index contributed by atoms with van der Waals surface area (Å²) in [6.07, 6.45) is 0. The lowest BCUT2D eigenvalue weighted by atomic mass is 9.95. The zero-order chi connectivity index (χ0) is 10.3. The molecule has 1 atom stereocenters. The van der Waals surface area contributed by atoms with Crippen LogP contribution in [-0.2, 0) is 4.79 Å². The highest BCUT2D eigenvalue weighted by Crippen LogP contribution is 2.35. The fourth-order valence-electron chi connectivity index (χ4n) is 2.11. The molecule has 3 heteroatoms. The lowest BCUT2D eigenvalue weighted by Crippen LogP contribution is -2.13. The molecule has 0 amide bonds. The molecule has 0 aromatic heterocycles. The van der Waals surface area contributed by atoms with Crippen LogP contribution in [-0.4, -0.2) is 17.6 Å². The first-order valence-electron chi connectivity index (χ1n) is 4.67. The number of hydrogen-bond donors (Lipinski definition) is 2. The highest BCUT2D eigenvalue weighted by atomic mass is 16.4. The van der Waals surface area contributed by atoms with Crippen molar-refractivity contribution >= 4 is 11.7 Å². The van der Waals surface area contributed by atoms with Crippen molar-refractivity contribution in [2.75, 3.05) is 11.9 Å². The van der Waals surface area contributed by atoms with Crippen molar-refractivity contribution in [1.29, 1.82) is 0 Å². The van der Waals surface area contributed by atoms with Crippen LogP contribution >= 0.6 is 0 Å². The summed E-state index contributed by atoms with van der Waals surface area (Å²) >= 11 is 0. The number of aryl methyl sites for hydroxylation is 2. The molecule has 1 heterocycles. The standard InChI is InChI=1S/C11H13NO2/c1-6-3-7(2)10-8(11(13)14)5-12-9(10)4-6/h3-4,8,12H,5H2,1-2H3,(H,13,14). The van der Waals surface area contributed by atoms with E-state index in [4.69, 9.17) is 5.11 Å². The molecular formula is C11H13NO2. The molecule has 0 aliphatic carbocycles. The van der Waals surface area contributed by atoms with Crippen LogP contribution in [0.5, 0.6) is 0 Å². The van der Waals surface area contributed by atoms with Gasteiger partial charge in [-0.05, 0) is 36.6 Å². The Morgan fingerprint density at radius 2 is 2.21 bits per heavy atom. The first kappa shape index (κ1) is 9.06. The predicted octanol–water partition coefficient (Wildman–Crippen LogP) is 1.90. The van der Waals surface area contributed by atoms with Gasteiger partial charge in [-0.15, -0.1) is 0 Å². The molecule has 0 fully saturated rings. The van der Waals surface area contributed by atoms with Crippen LogP contribution in [0.4, 0.5) is 5.69 Å². The molecule has 14 heavy (non-hydrogen) atoms. The summed E-state index contributed by atoms with van der Waals surface area (Å²) in [5, 5.41) is 12.1. The van der Waals surface area contributed by atoms with Crippen LogP contribution in [0.3, 0.4) is 0 Å². The highest BCUT2D eigenvalue weighted by molar-refractivity contribution is 5.83. The summed E-state index contributed by atoms with van der Waals surface area (Å²) < 4.78 is 0. The molecule has 0 radical (unpaired) electrons.